The number of benzene rings is 7. The molecule has 8 heteroatoms. The Hall–Kier alpha value is -6.28. The van der Waals surface area contributed by atoms with Crippen LogP contribution in [-0.4, -0.2) is 9.13 Å². The van der Waals surface area contributed by atoms with Crippen LogP contribution < -0.4 is 0 Å². The van der Waals surface area contributed by atoms with Gasteiger partial charge in [-0.3, -0.25) is 0 Å². The second-order valence-corrected chi connectivity index (χ2v) is 17.5. The van der Waals surface area contributed by atoms with Crippen molar-refractivity contribution in [3.8, 4) is 33.6 Å². The molecule has 0 spiro atoms. The Labute approximate surface area is 357 Å². The highest BCUT2D eigenvalue weighted by atomic mass is 19.4. The van der Waals surface area contributed by atoms with Crippen molar-refractivity contribution < 1.29 is 26.3 Å². The molecular weight excluding hydrogens is 791 g/mol. The Morgan fingerprint density at radius 3 is 0.984 bits per heavy atom. The zero-order valence-electron chi connectivity index (χ0n) is 35.9. The molecule has 0 N–H and O–H groups in total. The average molecular weight is 837 g/mol. The van der Waals surface area contributed by atoms with Crippen LogP contribution >= 0.6 is 0 Å². The van der Waals surface area contributed by atoms with E-state index in [1.54, 1.807) is 12.1 Å². The van der Waals surface area contributed by atoms with E-state index in [0.717, 1.165) is 94.8 Å². The first kappa shape index (κ1) is 41.1. The largest absolute Gasteiger partial charge is 0.416 e. The van der Waals surface area contributed by atoms with E-state index in [1.807, 2.05) is 64.1 Å². The summed E-state index contributed by atoms with van der Waals surface area (Å²) in [5.41, 5.74) is 10.4. The molecule has 0 saturated heterocycles. The van der Waals surface area contributed by atoms with Gasteiger partial charge in [-0.15, -0.1) is 0 Å². The number of aryl methyl sites for hydroxylation is 4. The maximum atomic E-state index is 14.9. The van der Waals surface area contributed by atoms with Gasteiger partial charge < -0.3 is 9.13 Å². The predicted octanol–water partition coefficient (Wildman–Crippen LogP) is 16.7. The summed E-state index contributed by atoms with van der Waals surface area (Å²) in [6.07, 6.45) is -9.33. The smallest absolute Gasteiger partial charge is 0.309 e. The first-order valence-corrected chi connectivity index (χ1v) is 21.0. The van der Waals surface area contributed by atoms with Gasteiger partial charge in [0.25, 0.3) is 0 Å². The third kappa shape index (κ3) is 6.66. The van der Waals surface area contributed by atoms with Crippen molar-refractivity contribution >= 4 is 43.6 Å². The Balaban J connectivity index is 1.64. The molecule has 0 aliphatic carbocycles. The van der Waals surface area contributed by atoms with E-state index < -0.39 is 23.5 Å². The quantitative estimate of drug-likeness (QED) is 0.148. The summed E-state index contributed by atoms with van der Waals surface area (Å²) < 4.78 is 93.6. The van der Waals surface area contributed by atoms with Gasteiger partial charge in [0.1, 0.15) is 0 Å². The van der Waals surface area contributed by atoms with E-state index >= 15 is 0 Å². The molecule has 9 rings (SSSR count). The molecule has 0 amide bonds. The van der Waals surface area contributed by atoms with Gasteiger partial charge in [0.05, 0.1) is 44.6 Å². The molecule has 0 bridgehead atoms. The maximum absolute atomic E-state index is 14.9. The zero-order chi connectivity index (χ0) is 44.2. The summed E-state index contributed by atoms with van der Waals surface area (Å²) in [7, 11) is 0. The molecule has 314 valence electrons. The second-order valence-electron chi connectivity index (χ2n) is 17.5. The molecule has 0 saturated carbocycles. The fraction of sp³-hybridized carbons (Fsp3) is 0.222. The SMILES string of the molecule is Cc1ccc2c(c1)c1cc(C)ccc1n2-c1c(-c2cccc(C(F)(F)F)c2)c(C(C)C)c(-n2c3ccc(C)cc3c3cc(C)ccc32)c(C(C)C)c1-c1cccc(C(F)(F)F)c1. The number of fused-ring (bicyclic) bond motifs is 6. The second kappa shape index (κ2) is 14.7. The number of hydrogen-bond acceptors (Lipinski definition) is 0. The minimum Gasteiger partial charge on any atom is -0.309 e. The minimum atomic E-state index is -4.66. The lowest BCUT2D eigenvalue weighted by molar-refractivity contribution is -0.138. The molecule has 0 radical (unpaired) electrons. The highest BCUT2D eigenvalue weighted by Crippen LogP contribution is 2.53. The first-order chi connectivity index (χ1) is 29.3. The van der Waals surface area contributed by atoms with Crippen molar-refractivity contribution in [3.05, 3.63) is 166 Å². The number of rotatable bonds is 6. The monoisotopic (exact) mass is 836 g/mol. The Kier molecular flexibility index (Phi) is 9.73. The predicted molar refractivity (Wildman–Crippen MR) is 243 cm³/mol. The van der Waals surface area contributed by atoms with Gasteiger partial charge in [-0.2, -0.15) is 26.3 Å². The first-order valence-electron chi connectivity index (χ1n) is 21.0. The molecule has 7 aromatic carbocycles. The summed E-state index contributed by atoms with van der Waals surface area (Å²) in [5.74, 6) is -0.579. The number of hydrogen-bond donors (Lipinski definition) is 0. The van der Waals surface area contributed by atoms with Gasteiger partial charge in [-0.05, 0) is 135 Å². The van der Waals surface area contributed by atoms with E-state index in [4.69, 9.17) is 0 Å². The fourth-order valence-electron chi connectivity index (χ4n) is 9.62. The van der Waals surface area contributed by atoms with Gasteiger partial charge in [0, 0.05) is 32.7 Å². The normalized spacial score (nSPS) is 12.6. The summed E-state index contributed by atoms with van der Waals surface area (Å²) in [5, 5.41) is 3.88. The van der Waals surface area contributed by atoms with Crippen LogP contribution in [0.15, 0.2) is 121 Å². The van der Waals surface area contributed by atoms with Gasteiger partial charge in [-0.1, -0.05) is 98.5 Å². The lowest BCUT2D eigenvalue weighted by Gasteiger charge is -2.32. The number of halogens is 6. The minimum absolute atomic E-state index is 0.290. The van der Waals surface area contributed by atoms with Crippen LogP contribution in [0.2, 0.25) is 0 Å². The molecule has 0 aliphatic heterocycles. The molecule has 2 nitrogen and oxygen atoms in total. The molecule has 62 heavy (non-hydrogen) atoms. The third-order valence-electron chi connectivity index (χ3n) is 12.2. The van der Waals surface area contributed by atoms with Crippen molar-refractivity contribution in [3.63, 3.8) is 0 Å². The van der Waals surface area contributed by atoms with Gasteiger partial charge in [-0.25, -0.2) is 0 Å². The van der Waals surface area contributed by atoms with E-state index in [1.165, 1.54) is 24.3 Å². The number of aromatic nitrogens is 2. The number of alkyl halides is 6. The lowest BCUT2D eigenvalue weighted by Crippen LogP contribution is -2.16. The highest BCUT2D eigenvalue weighted by Gasteiger charge is 2.36. The Morgan fingerprint density at radius 2 is 0.694 bits per heavy atom. The van der Waals surface area contributed by atoms with Crippen molar-refractivity contribution in [1.29, 1.82) is 0 Å². The molecule has 0 fully saturated rings. The Morgan fingerprint density at radius 1 is 0.387 bits per heavy atom. The van der Waals surface area contributed by atoms with Crippen LogP contribution in [-0.2, 0) is 12.4 Å². The Bertz CT molecular complexity index is 3050. The van der Waals surface area contributed by atoms with Gasteiger partial charge >= 0.3 is 12.4 Å². The van der Waals surface area contributed by atoms with Crippen LogP contribution in [0.4, 0.5) is 26.3 Å². The molecule has 2 aromatic heterocycles. The van der Waals surface area contributed by atoms with Crippen molar-refractivity contribution in [2.24, 2.45) is 0 Å². The fourth-order valence-corrected chi connectivity index (χ4v) is 9.62. The molecule has 0 aliphatic rings. The summed E-state index contributed by atoms with van der Waals surface area (Å²) in [6, 6.07) is 35.6. The standard InChI is InChI=1S/C54H46F6N2/c1-29(2)47-49(35-11-9-13-37(27-35)53(55,56)57)52(62-45-21-17-33(7)25-41(45)42-26-34(8)18-22-46(42)62)50(36-12-10-14-38(28-36)54(58,59)60)48(30(3)4)51(47)61-43-19-15-31(5)23-39(43)40-24-32(6)16-20-44(40)61/h9-30H,1-8H3. The van der Waals surface area contributed by atoms with E-state index in [-0.39, 0.29) is 11.8 Å². The van der Waals surface area contributed by atoms with Crippen molar-refractivity contribution in [2.45, 2.75) is 79.6 Å². The van der Waals surface area contributed by atoms with Crippen LogP contribution in [0.5, 0.6) is 0 Å². The molecular formula is C54H46F6N2. The zero-order valence-corrected chi connectivity index (χ0v) is 35.9. The van der Waals surface area contributed by atoms with Crippen LogP contribution in [0.3, 0.4) is 0 Å². The molecule has 2 heterocycles. The van der Waals surface area contributed by atoms with Crippen LogP contribution in [0.1, 0.15) is 84.0 Å². The topological polar surface area (TPSA) is 9.86 Å². The van der Waals surface area contributed by atoms with Gasteiger partial charge in [0.15, 0.2) is 0 Å². The van der Waals surface area contributed by atoms with Crippen molar-refractivity contribution in [1.82, 2.24) is 9.13 Å². The summed E-state index contributed by atoms with van der Waals surface area (Å²) >= 11 is 0. The highest BCUT2D eigenvalue weighted by molar-refractivity contribution is 6.13. The van der Waals surface area contributed by atoms with Crippen LogP contribution in [0.25, 0.3) is 77.2 Å². The average Bonchev–Trinajstić information content (AvgIpc) is 3.69. The van der Waals surface area contributed by atoms with Crippen molar-refractivity contribution in [2.75, 3.05) is 0 Å². The van der Waals surface area contributed by atoms with Gasteiger partial charge in [0.2, 0.25) is 0 Å². The number of nitrogens with zero attached hydrogens (tertiary/aromatic N) is 2. The third-order valence-corrected chi connectivity index (χ3v) is 12.2. The van der Waals surface area contributed by atoms with Crippen LogP contribution in [0, 0.1) is 27.7 Å². The lowest BCUT2D eigenvalue weighted by atomic mass is 9.79. The van der Waals surface area contributed by atoms with E-state index in [9.17, 15) is 26.3 Å². The summed E-state index contributed by atoms with van der Waals surface area (Å²) in [6.45, 7) is 16.3. The molecule has 0 unspecified atom stereocenters. The molecule has 9 aromatic rings. The van der Waals surface area contributed by atoms with E-state index in [2.05, 4.69) is 73.2 Å². The molecule has 0 atom stereocenters. The summed E-state index contributed by atoms with van der Waals surface area (Å²) in [4.78, 5) is 0. The van der Waals surface area contributed by atoms with E-state index in [0.29, 0.717) is 27.9 Å². The maximum Gasteiger partial charge on any atom is 0.416 e.